The largest absolute Gasteiger partial charge is 0.348 e. The molecule has 3 aromatic carbocycles. The summed E-state index contributed by atoms with van der Waals surface area (Å²) in [6.07, 6.45) is 1.79. The molecule has 0 atom stereocenters. The van der Waals surface area contributed by atoms with Crippen molar-refractivity contribution in [3.63, 3.8) is 0 Å². The van der Waals surface area contributed by atoms with Gasteiger partial charge in [-0.15, -0.1) is 0 Å². The fourth-order valence-electron chi connectivity index (χ4n) is 4.43. The Morgan fingerprint density at radius 1 is 0.917 bits per heavy atom. The highest BCUT2D eigenvalue weighted by atomic mass is 16.2. The molecular formula is C29H28N4O3. The summed E-state index contributed by atoms with van der Waals surface area (Å²) in [7, 11) is 2.06. The van der Waals surface area contributed by atoms with Gasteiger partial charge in [-0.1, -0.05) is 42.5 Å². The minimum atomic E-state index is -0.218. The molecule has 2 aliphatic rings. The van der Waals surface area contributed by atoms with Gasteiger partial charge in [0, 0.05) is 60.7 Å². The number of benzene rings is 3. The number of piperazine rings is 1. The molecule has 0 unspecified atom stereocenters. The Kier molecular flexibility index (Phi) is 6.64. The van der Waals surface area contributed by atoms with Crippen LogP contribution < -0.4 is 10.6 Å². The number of carbonyl (C=O) groups excluding carboxylic acids is 3. The van der Waals surface area contributed by atoms with E-state index in [2.05, 4.69) is 22.6 Å². The van der Waals surface area contributed by atoms with Gasteiger partial charge in [0.15, 0.2) is 0 Å². The number of hydrogen-bond acceptors (Lipinski definition) is 4. The molecule has 36 heavy (non-hydrogen) atoms. The molecule has 2 N–H and O–H groups in total. The van der Waals surface area contributed by atoms with Gasteiger partial charge < -0.3 is 20.4 Å². The normalized spacial score (nSPS) is 16.5. The van der Waals surface area contributed by atoms with Gasteiger partial charge in [0.2, 0.25) is 0 Å². The predicted octanol–water partition coefficient (Wildman–Crippen LogP) is 3.50. The van der Waals surface area contributed by atoms with Crippen LogP contribution in [0, 0.1) is 0 Å². The lowest BCUT2D eigenvalue weighted by Gasteiger charge is -2.32. The van der Waals surface area contributed by atoms with Crippen LogP contribution in [0.15, 0.2) is 72.8 Å². The second-order valence-corrected chi connectivity index (χ2v) is 9.16. The molecular weight excluding hydrogens is 452 g/mol. The second-order valence-electron chi connectivity index (χ2n) is 9.16. The van der Waals surface area contributed by atoms with Crippen molar-refractivity contribution in [2.75, 3.05) is 38.5 Å². The van der Waals surface area contributed by atoms with E-state index in [-0.39, 0.29) is 17.7 Å². The number of nitrogens with zero attached hydrogens (tertiary/aromatic N) is 2. The van der Waals surface area contributed by atoms with Gasteiger partial charge >= 0.3 is 0 Å². The number of fused-ring (bicyclic) bond motifs is 1. The first-order chi connectivity index (χ1) is 17.5. The lowest BCUT2D eigenvalue weighted by molar-refractivity contribution is -0.110. The molecule has 0 spiro atoms. The number of rotatable bonds is 5. The highest BCUT2D eigenvalue weighted by Gasteiger charge is 2.25. The Morgan fingerprint density at radius 3 is 2.33 bits per heavy atom. The Hall–Kier alpha value is -4.23. The van der Waals surface area contributed by atoms with Crippen molar-refractivity contribution in [2.24, 2.45) is 0 Å². The smallest absolute Gasteiger partial charge is 0.256 e. The molecule has 2 heterocycles. The van der Waals surface area contributed by atoms with Gasteiger partial charge in [-0.25, -0.2) is 0 Å². The van der Waals surface area contributed by atoms with E-state index in [9.17, 15) is 14.4 Å². The third-order valence-corrected chi connectivity index (χ3v) is 6.62. The monoisotopic (exact) mass is 480 g/mol. The van der Waals surface area contributed by atoms with Gasteiger partial charge in [0.25, 0.3) is 17.7 Å². The number of anilines is 1. The van der Waals surface area contributed by atoms with Crippen LogP contribution in [0.25, 0.3) is 11.6 Å². The first kappa shape index (κ1) is 23.5. The predicted molar refractivity (Wildman–Crippen MR) is 140 cm³/mol. The molecule has 5 rings (SSSR count). The molecule has 1 saturated heterocycles. The van der Waals surface area contributed by atoms with E-state index >= 15 is 0 Å². The maximum Gasteiger partial charge on any atom is 0.256 e. The summed E-state index contributed by atoms with van der Waals surface area (Å²) < 4.78 is 0. The van der Waals surface area contributed by atoms with Crippen LogP contribution in [0.3, 0.4) is 0 Å². The van der Waals surface area contributed by atoms with Crippen LogP contribution in [-0.4, -0.2) is 60.7 Å². The van der Waals surface area contributed by atoms with E-state index < -0.39 is 0 Å². The zero-order valence-corrected chi connectivity index (χ0v) is 20.2. The summed E-state index contributed by atoms with van der Waals surface area (Å²) in [6.45, 7) is 3.61. The highest BCUT2D eigenvalue weighted by Crippen LogP contribution is 2.34. The van der Waals surface area contributed by atoms with E-state index in [4.69, 9.17) is 0 Å². The number of likely N-dealkylation sites (N-methyl/N-ethyl adjacent to an activating group) is 1. The van der Waals surface area contributed by atoms with Gasteiger partial charge in [0.1, 0.15) is 0 Å². The zero-order valence-electron chi connectivity index (χ0n) is 20.2. The van der Waals surface area contributed by atoms with E-state index in [1.807, 2.05) is 47.4 Å². The van der Waals surface area contributed by atoms with Gasteiger partial charge in [0.05, 0.1) is 0 Å². The molecule has 7 heteroatoms. The lowest BCUT2D eigenvalue weighted by Crippen LogP contribution is -2.47. The molecule has 1 fully saturated rings. The minimum Gasteiger partial charge on any atom is -0.348 e. The summed E-state index contributed by atoms with van der Waals surface area (Å²) in [5, 5.41) is 5.79. The minimum absolute atomic E-state index is 0.0254. The Labute approximate surface area is 210 Å². The standard InChI is InChI=1S/C29H28N4O3/c1-32-13-15-33(16-14-32)29(36)22-9-7-20(8-10-22)17-25-24-18-23(11-12-26(24)31-28(25)35)27(34)30-19-21-5-3-2-4-6-21/h2-12,17-18H,13-16,19H2,1H3,(H,30,34)(H,31,35)/b25-17-. The van der Waals surface area contributed by atoms with E-state index in [0.717, 1.165) is 37.3 Å². The molecule has 3 amide bonds. The number of amides is 3. The lowest BCUT2D eigenvalue weighted by atomic mass is 10.0. The van der Waals surface area contributed by atoms with Crippen LogP contribution in [0.4, 0.5) is 5.69 Å². The first-order valence-corrected chi connectivity index (χ1v) is 12.1. The third kappa shape index (κ3) is 5.06. The fraction of sp³-hybridized carbons (Fsp3) is 0.207. The van der Waals surface area contributed by atoms with E-state index in [1.165, 1.54) is 0 Å². The highest BCUT2D eigenvalue weighted by molar-refractivity contribution is 6.35. The quantitative estimate of drug-likeness (QED) is 0.548. The van der Waals surface area contributed by atoms with Crippen molar-refractivity contribution in [1.29, 1.82) is 0 Å². The number of hydrogen-bond donors (Lipinski definition) is 2. The van der Waals surface area contributed by atoms with Crippen molar-refractivity contribution in [3.05, 3.63) is 101 Å². The third-order valence-electron chi connectivity index (χ3n) is 6.62. The van der Waals surface area contributed by atoms with Crippen LogP contribution in [-0.2, 0) is 11.3 Å². The van der Waals surface area contributed by atoms with E-state index in [0.29, 0.717) is 34.5 Å². The van der Waals surface area contributed by atoms with Gasteiger partial charge in [-0.2, -0.15) is 0 Å². The van der Waals surface area contributed by atoms with Crippen LogP contribution in [0.2, 0.25) is 0 Å². The Balaban J connectivity index is 1.31. The van der Waals surface area contributed by atoms with E-state index in [1.54, 1.807) is 36.4 Å². The fourth-order valence-corrected chi connectivity index (χ4v) is 4.43. The van der Waals surface area contributed by atoms with Gasteiger partial charge in [-0.05, 0) is 54.6 Å². The number of nitrogens with one attached hydrogen (secondary N) is 2. The maximum absolute atomic E-state index is 12.8. The maximum atomic E-state index is 12.8. The number of carbonyl (C=O) groups is 3. The van der Waals surface area contributed by atoms with Crippen molar-refractivity contribution >= 4 is 35.1 Å². The molecule has 0 aromatic heterocycles. The van der Waals surface area contributed by atoms with Crippen molar-refractivity contribution in [3.8, 4) is 0 Å². The molecule has 0 bridgehead atoms. The first-order valence-electron chi connectivity index (χ1n) is 12.1. The van der Waals surface area contributed by atoms with Gasteiger partial charge in [-0.3, -0.25) is 14.4 Å². The Morgan fingerprint density at radius 2 is 1.61 bits per heavy atom. The average molecular weight is 481 g/mol. The SMILES string of the molecule is CN1CCN(C(=O)c2ccc(/C=C3\C(=O)Nc4ccc(C(=O)NCc5ccccc5)cc43)cc2)CC1. The molecule has 7 nitrogen and oxygen atoms in total. The summed E-state index contributed by atoms with van der Waals surface area (Å²) in [5.41, 5.74) is 4.79. The van der Waals surface area contributed by atoms with Crippen LogP contribution in [0.5, 0.6) is 0 Å². The summed E-state index contributed by atoms with van der Waals surface area (Å²) in [6, 6.07) is 22.2. The molecule has 182 valence electrons. The summed E-state index contributed by atoms with van der Waals surface area (Å²) in [4.78, 5) is 42.3. The van der Waals surface area contributed by atoms with Crippen LogP contribution in [0.1, 0.15) is 37.4 Å². The molecule has 2 aliphatic heterocycles. The molecule has 0 radical (unpaired) electrons. The summed E-state index contributed by atoms with van der Waals surface area (Å²) in [5.74, 6) is -0.394. The topological polar surface area (TPSA) is 81.8 Å². The van der Waals surface area contributed by atoms with Crippen molar-refractivity contribution in [1.82, 2.24) is 15.1 Å². The second kappa shape index (κ2) is 10.2. The Bertz CT molecular complexity index is 1320. The molecule has 0 saturated carbocycles. The van der Waals surface area contributed by atoms with Crippen molar-refractivity contribution in [2.45, 2.75) is 6.54 Å². The zero-order chi connectivity index (χ0) is 25.1. The summed E-state index contributed by atoms with van der Waals surface area (Å²) >= 11 is 0. The molecule has 3 aromatic rings. The van der Waals surface area contributed by atoms with Crippen LogP contribution >= 0.6 is 0 Å². The van der Waals surface area contributed by atoms with Crippen molar-refractivity contribution < 1.29 is 14.4 Å². The average Bonchev–Trinajstić information content (AvgIpc) is 3.22. The molecule has 0 aliphatic carbocycles.